The molecule has 1 aromatic carbocycles. The highest BCUT2D eigenvalue weighted by molar-refractivity contribution is 5.27. The van der Waals surface area contributed by atoms with Crippen LogP contribution in [-0.2, 0) is 6.42 Å². The number of halogens is 2. The number of nitrogens with two attached hydrogens (primary N) is 1. The number of hydrogen-bond donors (Lipinski definition) is 2. The Labute approximate surface area is 119 Å². The summed E-state index contributed by atoms with van der Waals surface area (Å²) in [6, 6.07) is 7.12. The van der Waals surface area contributed by atoms with Gasteiger partial charge in [-0.25, -0.2) is 0 Å². The molecule has 20 heavy (non-hydrogen) atoms. The number of benzene rings is 1. The predicted molar refractivity (Wildman–Crippen MR) is 77.1 cm³/mol. The smallest absolute Gasteiger partial charge is 0.387 e. The van der Waals surface area contributed by atoms with Crippen LogP contribution in [0, 0.1) is 0 Å². The van der Waals surface area contributed by atoms with Crippen LogP contribution in [0.25, 0.3) is 0 Å². The van der Waals surface area contributed by atoms with Gasteiger partial charge in [0.15, 0.2) is 0 Å². The number of rotatable bonds is 8. The Morgan fingerprint density at radius 1 is 1.25 bits per heavy atom. The first-order chi connectivity index (χ1) is 9.34. The molecule has 0 saturated heterocycles. The summed E-state index contributed by atoms with van der Waals surface area (Å²) in [6.07, 6.45) is 1.72. The molecule has 1 aromatic rings. The lowest BCUT2D eigenvalue weighted by Crippen LogP contribution is -2.51. The lowest BCUT2D eigenvalue weighted by Gasteiger charge is -2.32. The topological polar surface area (TPSA) is 47.3 Å². The second-order valence-electron chi connectivity index (χ2n) is 5.59. The van der Waals surface area contributed by atoms with Crippen molar-refractivity contribution in [3.8, 4) is 5.75 Å². The second kappa shape index (κ2) is 7.55. The van der Waals surface area contributed by atoms with Crippen molar-refractivity contribution >= 4 is 0 Å². The zero-order valence-corrected chi connectivity index (χ0v) is 12.3. The van der Waals surface area contributed by atoms with E-state index in [1.54, 1.807) is 12.1 Å². The summed E-state index contributed by atoms with van der Waals surface area (Å²) in [4.78, 5) is 0. The maximum Gasteiger partial charge on any atom is 0.387 e. The molecule has 0 aliphatic heterocycles. The molecule has 114 valence electrons. The Hall–Kier alpha value is -1.20. The summed E-state index contributed by atoms with van der Waals surface area (Å²) in [6.45, 7) is 4.05. The van der Waals surface area contributed by atoms with E-state index in [1.165, 1.54) is 0 Å². The Balaban J connectivity index is 2.56. The third-order valence-corrected chi connectivity index (χ3v) is 3.20. The van der Waals surface area contributed by atoms with E-state index in [9.17, 15) is 8.78 Å². The molecule has 1 atom stereocenters. The van der Waals surface area contributed by atoms with Crippen molar-refractivity contribution < 1.29 is 13.5 Å². The van der Waals surface area contributed by atoms with E-state index in [0.717, 1.165) is 18.4 Å². The minimum atomic E-state index is -2.78. The highest BCUT2D eigenvalue weighted by Gasteiger charge is 2.22. The van der Waals surface area contributed by atoms with E-state index in [-0.39, 0.29) is 11.3 Å². The third kappa shape index (κ3) is 5.84. The van der Waals surface area contributed by atoms with Gasteiger partial charge in [0.2, 0.25) is 0 Å². The van der Waals surface area contributed by atoms with Gasteiger partial charge in [-0.1, -0.05) is 26.0 Å². The number of hydrogen-bond acceptors (Lipinski definition) is 3. The van der Waals surface area contributed by atoms with Crippen LogP contribution in [0.4, 0.5) is 8.78 Å². The van der Waals surface area contributed by atoms with Gasteiger partial charge < -0.3 is 15.8 Å². The summed E-state index contributed by atoms with van der Waals surface area (Å²) in [5, 5.41) is 3.46. The van der Waals surface area contributed by atoms with Crippen molar-refractivity contribution in [2.75, 3.05) is 6.54 Å². The Morgan fingerprint density at radius 2 is 1.85 bits per heavy atom. The van der Waals surface area contributed by atoms with Crippen LogP contribution in [0.15, 0.2) is 24.3 Å². The van der Waals surface area contributed by atoms with E-state index >= 15 is 0 Å². The fourth-order valence-corrected chi connectivity index (χ4v) is 2.19. The average molecular weight is 286 g/mol. The molecule has 0 saturated carbocycles. The van der Waals surface area contributed by atoms with E-state index in [1.807, 2.05) is 12.1 Å². The fraction of sp³-hybridized carbons (Fsp3) is 0.600. The standard InChI is InChI=1S/C15H24F2N2O/c1-11(2)19-15(3,10-18)9-8-12-4-6-13(7-5-12)20-14(16)17/h4-7,11,14,19H,8-10,18H2,1-3H3. The third-order valence-electron chi connectivity index (χ3n) is 3.20. The molecular weight excluding hydrogens is 262 g/mol. The lowest BCUT2D eigenvalue weighted by atomic mass is 9.92. The molecule has 0 amide bonds. The molecule has 0 fully saturated rings. The number of nitrogens with one attached hydrogen (secondary N) is 1. The maximum atomic E-state index is 12.0. The van der Waals surface area contributed by atoms with E-state index in [4.69, 9.17) is 5.73 Å². The van der Waals surface area contributed by atoms with Crippen LogP contribution in [0.3, 0.4) is 0 Å². The van der Waals surface area contributed by atoms with Gasteiger partial charge in [0.1, 0.15) is 5.75 Å². The molecular formula is C15H24F2N2O. The molecule has 3 N–H and O–H groups in total. The molecule has 0 spiro atoms. The summed E-state index contributed by atoms with van der Waals surface area (Å²) in [5.41, 5.74) is 6.79. The minimum Gasteiger partial charge on any atom is -0.435 e. The minimum absolute atomic E-state index is 0.119. The molecule has 0 radical (unpaired) electrons. The first-order valence-electron chi connectivity index (χ1n) is 6.86. The molecule has 0 bridgehead atoms. The summed E-state index contributed by atoms with van der Waals surface area (Å²) in [7, 11) is 0. The number of aryl methyl sites for hydroxylation is 1. The summed E-state index contributed by atoms with van der Waals surface area (Å²) >= 11 is 0. The first-order valence-corrected chi connectivity index (χ1v) is 6.86. The van der Waals surface area contributed by atoms with Gasteiger partial charge in [0, 0.05) is 18.1 Å². The summed E-state index contributed by atoms with van der Waals surface area (Å²) in [5.74, 6) is 0.186. The molecule has 1 rings (SSSR count). The van der Waals surface area contributed by atoms with Crippen LogP contribution >= 0.6 is 0 Å². The van der Waals surface area contributed by atoms with E-state index in [2.05, 4.69) is 30.8 Å². The molecule has 0 heterocycles. The zero-order chi connectivity index (χ0) is 15.2. The van der Waals surface area contributed by atoms with Gasteiger partial charge in [-0.2, -0.15) is 8.78 Å². The number of ether oxygens (including phenoxy) is 1. The van der Waals surface area contributed by atoms with Gasteiger partial charge in [-0.15, -0.1) is 0 Å². The van der Waals surface area contributed by atoms with Crippen LogP contribution < -0.4 is 15.8 Å². The fourth-order valence-electron chi connectivity index (χ4n) is 2.19. The Morgan fingerprint density at radius 3 is 2.30 bits per heavy atom. The van der Waals surface area contributed by atoms with Crippen molar-refractivity contribution in [2.24, 2.45) is 5.73 Å². The monoisotopic (exact) mass is 286 g/mol. The Bertz CT molecular complexity index is 395. The van der Waals surface area contributed by atoms with Gasteiger partial charge in [-0.3, -0.25) is 0 Å². The van der Waals surface area contributed by atoms with Crippen LogP contribution in [0.1, 0.15) is 32.8 Å². The SMILES string of the molecule is CC(C)NC(C)(CN)CCc1ccc(OC(F)F)cc1. The van der Waals surface area contributed by atoms with Gasteiger partial charge in [0.25, 0.3) is 0 Å². The van der Waals surface area contributed by atoms with Crippen molar-refractivity contribution in [1.29, 1.82) is 0 Å². The van der Waals surface area contributed by atoms with Crippen LogP contribution in [-0.4, -0.2) is 24.7 Å². The van der Waals surface area contributed by atoms with Crippen LogP contribution in [0.5, 0.6) is 5.75 Å². The zero-order valence-electron chi connectivity index (χ0n) is 12.3. The highest BCUT2D eigenvalue weighted by atomic mass is 19.3. The molecule has 5 heteroatoms. The maximum absolute atomic E-state index is 12.0. The van der Waals surface area contributed by atoms with E-state index in [0.29, 0.717) is 12.6 Å². The quantitative estimate of drug-likeness (QED) is 0.772. The van der Waals surface area contributed by atoms with Crippen LogP contribution in [0.2, 0.25) is 0 Å². The second-order valence-corrected chi connectivity index (χ2v) is 5.59. The molecule has 1 unspecified atom stereocenters. The van der Waals surface area contributed by atoms with E-state index < -0.39 is 6.61 Å². The van der Waals surface area contributed by atoms with Gasteiger partial charge in [-0.05, 0) is 37.5 Å². The largest absolute Gasteiger partial charge is 0.435 e. The highest BCUT2D eigenvalue weighted by Crippen LogP contribution is 2.18. The molecule has 0 aromatic heterocycles. The van der Waals surface area contributed by atoms with Gasteiger partial charge in [0.05, 0.1) is 0 Å². The summed E-state index contributed by atoms with van der Waals surface area (Å²) < 4.78 is 28.4. The first kappa shape index (κ1) is 16.9. The molecule has 0 aliphatic carbocycles. The van der Waals surface area contributed by atoms with Crippen molar-refractivity contribution in [2.45, 2.75) is 51.8 Å². The number of alkyl halides is 2. The normalized spacial score (nSPS) is 14.6. The van der Waals surface area contributed by atoms with Gasteiger partial charge >= 0.3 is 6.61 Å². The molecule has 0 aliphatic rings. The predicted octanol–water partition coefficient (Wildman–Crippen LogP) is 2.94. The average Bonchev–Trinajstić information content (AvgIpc) is 2.36. The molecule has 3 nitrogen and oxygen atoms in total. The van der Waals surface area contributed by atoms with Crippen molar-refractivity contribution in [3.05, 3.63) is 29.8 Å². The lowest BCUT2D eigenvalue weighted by molar-refractivity contribution is -0.0498. The van der Waals surface area contributed by atoms with Crippen molar-refractivity contribution in [3.63, 3.8) is 0 Å². The Kier molecular flexibility index (Phi) is 6.36. The van der Waals surface area contributed by atoms with Crippen molar-refractivity contribution in [1.82, 2.24) is 5.32 Å².